The molecule has 1 aromatic rings. The number of rotatable bonds is 8. The first-order chi connectivity index (χ1) is 10.6. The van der Waals surface area contributed by atoms with E-state index in [-0.39, 0.29) is 5.75 Å². The maximum atomic E-state index is 13.3. The van der Waals surface area contributed by atoms with E-state index in [1.165, 1.54) is 12.1 Å². The van der Waals surface area contributed by atoms with Crippen LogP contribution in [-0.2, 0) is 6.54 Å². The second-order valence-electron chi connectivity index (χ2n) is 5.25. The number of nitrogens with one attached hydrogen (secondary N) is 1. The minimum atomic E-state index is -0.607. The van der Waals surface area contributed by atoms with Crippen molar-refractivity contribution in [3.05, 3.63) is 42.2 Å². The number of aliphatic imine (C=N–C) groups is 1. The summed E-state index contributed by atoms with van der Waals surface area (Å²) in [6, 6.07) is 4.37. The quantitative estimate of drug-likeness (QED) is 0.335. The highest BCUT2D eigenvalue weighted by Gasteiger charge is 2.06. The van der Waals surface area contributed by atoms with Crippen molar-refractivity contribution in [3.8, 4) is 5.75 Å². The SMILES string of the molecule is C=CCCCCCN(C)C(=NC)NCc1ccc(O)c(F)c1. The first kappa shape index (κ1) is 18.0. The Hall–Kier alpha value is -2.04. The Bertz CT molecular complexity index is 503. The molecule has 0 unspecified atom stereocenters. The third-order valence-corrected chi connectivity index (χ3v) is 3.44. The number of phenolic OH excluding ortho intramolecular Hbond substituents is 1. The van der Waals surface area contributed by atoms with E-state index in [2.05, 4.69) is 21.8 Å². The highest BCUT2D eigenvalue weighted by Crippen LogP contribution is 2.15. The van der Waals surface area contributed by atoms with Gasteiger partial charge in [-0.15, -0.1) is 6.58 Å². The van der Waals surface area contributed by atoms with Gasteiger partial charge in [-0.3, -0.25) is 4.99 Å². The zero-order valence-corrected chi connectivity index (χ0v) is 13.5. The molecule has 0 heterocycles. The Morgan fingerprint density at radius 2 is 2.18 bits per heavy atom. The second kappa shape index (κ2) is 9.82. The molecule has 0 atom stereocenters. The monoisotopic (exact) mass is 307 g/mol. The van der Waals surface area contributed by atoms with Crippen LogP contribution in [0.25, 0.3) is 0 Å². The molecule has 0 saturated carbocycles. The van der Waals surface area contributed by atoms with Gasteiger partial charge < -0.3 is 15.3 Å². The van der Waals surface area contributed by atoms with Crippen molar-refractivity contribution in [2.24, 2.45) is 4.99 Å². The number of guanidine groups is 1. The molecule has 2 N–H and O–H groups in total. The number of halogens is 1. The van der Waals surface area contributed by atoms with Crippen molar-refractivity contribution in [1.29, 1.82) is 0 Å². The number of allylic oxidation sites excluding steroid dienone is 1. The average molecular weight is 307 g/mol. The Labute approximate surface area is 132 Å². The molecule has 0 aromatic heterocycles. The Morgan fingerprint density at radius 1 is 1.41 bits per heavy atom. The lowest BCUT2D eigenvalue weighted by Crippen LogP contribution is -2.39. The fourth-order valence-corrected chi connectivity index (χ4v) is 2.15. The molecule has 22 heavy (non-hydrogen) atoms. The molecule has 0 bridgehead atoms. The highest BCUT2D eigenvalue weighted by molar-refractivity contribution is 5.79. The van der Waals surface area contributed by atoms with Crippen LogP contribution < -0.4 is 5.32 Å². The average Bonchev–Trinajstić information content (AvgIpc) is 2.51. The van der Waals surface area contributed by atoms with Gasteiger partial charge in [-0.05, 0) is 37.0 Å². The zero-order valence-electron chi connectivity index (χ0n) is 13.5. The van der Waals surface area contributed by atoms with E-state index in [4.69, 9.17) is 0 Å². The number of hydrogen-bond acceptors (Lipinski definition) is 2. The van der Waals surface area contributed by atoms with Crippen molar-refractivity contribution in [2.45, 2.75) is 32.2 Å². The van der Waals surface area contributed by atoms with Crippen LogP contribution in [0.2, 0.25) is 0 Å². The van der Waals surface area contributed by atoms with Crippen LogP contribution in [0.5, 0.6) is 5.75 Å². The predicted molar refractivity (Wildman–Crippen MR) is 89.6 cm³/mol. The van der Waals surface area contributed by atoms with Crippen molar-refractivity contribution >= 4 is 5.96 Å². The molecule has 0 aliphatic rings. The van der Waals surface area contributed by atoms with Gasteiger partial charge in [0.1, 0.15) is 0 Å². The van der Waals surface area contributed by atoms with Crippen LogP contribution in [0.1, 0.15) is 31.2 Å². The van der Waals surface area contributed by atoms with Crippen molar-refractivity contribution in [2.75, 3.05) is 20.6 Å². The smallest absolute Gasteiger partial charge is 0.193 e. The zero-order chi connectivity index (χ0) is 16.4. The van der Waals surface area contributed by atoms with Gasteiger partial charge in [-0.2, -0.15) is 0 Å². The Morgan fingerprint density at radius 3 is 2.82 bits per heavy atom. The molecule has 1 aromatic carbocycles. The molecule has 1 rings (SSSR count). The lowest BCUT2D eigenvalue weighted by Gasteiger charge is -2.22. The van der Waals surface area contributed by atoms with Crippen LogP contribution in [0.4, 0.5) is 4.39 Å². The minimum Gasteiger partial charge on any atom is -0.505 e. The number of unbranched alkanes of at least 4 members (excludes halogenated alkanes) is 3. The summed E-state index contributed by atoms with van der Waals surface area (Å²) < 4.78 is 13.3. The summed E-state index contributed by atoms with van der Waals surface area (Å²) in [7, 11) is 3.72. The lowest BCUT2D eigenvalue weighted by atomic mass is 10.2. The second-order valence-corrected chi connectivity index (χ2v) is 5.25. The standard InChI is InChI=1S/C17H26FN3O/c1-4-5-6-7-8-11-21(3)17(19-2)20-13-14-9-10-16(22)15(18)12-14/h4,9-10,12,22H,1,5-8,11,13H2,2-3H3,(H,19,20). The van der Waals surface area contributed by atoms with Crippen LogP contribution in [0.15, 0.2) is 35.8 Å². The fourth-order valence-electron chi connectivity index (χ4n) is 2.15. The van der Waals surface area contributed by atoms with E-state index in [0.29, 0.717) is 6.54 Å². The van der Waals surface area contributed by atoms with Crippen molar-refractivity contribution < 1.29 is 9.50 Å². The fraction of sp³-hybridized carbons (Fsp3) is 0.471. The number of benzene rings is 1. The van der Waals surface area contributed by atoms with Crippen molar-refractivity contribution in [3.63, 3.8) is 0 Å². The molecule has 0 aliphatic carbocycles. The van der Waals surface area contributed by atoms with Gasteiger partial charge in [-0.25, -0.2) is 4.39 Å². The maximum Gasteiger partial charge on any atom is 0.193 e. The predicted octanol–water partition coefficient (Wildman–Crippen LogP) is 3.28. The third-order valence-electron chi connectivity index (χ3n) is 3.44. The molecule has 5 heteroatoms. The molecule has 0 aliphatic heterocycles. The minimum absolute atomic E-state index is 0.329. The summed E-state index contributed by atoms with van der Waals surface area (Å²) >= 11 is 0. The van der Waals surface area contributed by atoms with Gasteiger partial charge >= 0.3 is 0 Å². The summed E-state index contributed by atoms with van der Waals surface area (Å²) in [5, 5.41) is 12.4. The van der Waals surface area contributed by atoms with E-state index < -0.39 is 5.82 Å². The molecule has 0 radical (unpaired) electrons. The summed E-state index contributed by atoms with van der Waals surface area (Å²) in [6.45, 7) is 5.10. The normalized spacial score (nSPS) is 11.3. The van der Waals surface area contributed by atoms with Crippen molar-refractivity contribution in [1.82, 2.24) is 10.2 Å². The summed E-state index contributed by atoms with van der Waals surface area (Å²) in [5.41, 5.74) is 0.760. The van der Waals surface area contributed by atoms with Crippen LogP contribution in [0.3, 0.4) is 0 Å². The molecule has 0 amide bonds. The van der Waals surface area contributed by atoms with Crippen LogP contribution >= 0.6 is 0 Å². The molecule has 0 saturated heterocycles. The Balaban J connectivity index is 2.40. The van der Waals surface area contributed by atoms with Gasteiger partial charge in [0.2, 0.25) is 0 Å². The van der Waals surface area contributed by atoms with Crippen LogP contribution in [-0.4, -0.2) is 36.6 Å². The molecule has 122 valence electrons. The highest BCUT2D eigenvalue weighted by atomic mass is 19.1. The summed E-state index contributed by atoms with van der Waals surface area (Å²) in [6.07, 6.45) is 6.43. The Kier molecular flexibility index (Phi) is 8.04. The summed E-state index contributed by atoms with van der Waals surface area (Å²) in [4.78, 5) is 6.29. The van der Waals surface area contributed by atoms with Gasteiger partial charge in [0, 0.05) is 27.2 Å². The number of aromatic hydroxyl groups is 1. The van der Waals surface area contributed by atoms with Gasteiger partial charge in [-0.1, -0.05) is 18.6 Å². The van der Waals surface area contributed by atoms with E-state index in [0.717, 1.165) is 43.8 Å². The number of hydrogen-bond donors (Lipinski definition) is 2. The topological polar surface area (TPSA) is 47.9 Å². The number of nitrogens with zero attached hydrogens (tertiary/aromatic N) is 2. The van der Waals surface area contributed by atoms with Crippen LogP contribution in [0, 0.1) is 5.82 Å². The summed E-state index contributed by atoms with van der Waals surface area (Å²) in [5.74, 6) is -0.160. The van der Waals surface area contributed by atoms with E-state index >= 15 is 0 Å². The molecule has 4 nitrogen and oxygen atoms in total. The first-order valence-electron chi connectivity index (χ1n) is 7.58. The molecule has 0 spiro atoms. The first-order valence-corrected chi connectivity index (χ1v) is 7.58. The third kappa shape index (κ3) is 6.16. The van der Waals surface area contributed by atoms with E-state index in [1.807, 2.05) is 13.1 Å². The van der Waals surface area contributed by atoms with Gasteiger partial charge in [0.05, 0.1) is 0 Å². The number of phenols is 1. The molecular weight excluding hydrogens is 281 g/mol. The lowest BCUT2D eigenvalue weighted by molar-refractivity contribution is 0.431. The van der Waals surface area contributed by atoms with E-state index in [9.17, 15) is 9.50 Å². The molecular formula is C17H26FN3O. The maximum absolute atomic E-state index is 13.3. The van der Waals surface area contributed by atoms with Gasteiger partial charge in [0.25, 0.3) is 0 Å². The largest absolute Gasteiger partial charge is 0.505 e. The molecule has 0 fully saturated rings. The van der Waals surface area contributed by atoms with Gasteiger partial charge in [0.15, 0.2) is 17.5 Å². The van der Waals surface area contributed by atoms with E-state index in [1.54, 1.807) is 13.1 Å².